The zero-order chi connectivity index (χ0) is 16.8. The largest absolute Gasteiger partial charge is 0.493 e. The van der Waals surface area contributed by atoms with E-state index >= 15 is 0 Å². The van der Waals surface area contributed by atoms with E-state index in [1.165, 1.54) is 10.9 Å². The van der Waals surface area contributed by atoms with Gasteiger partial charge in [0, 0.05) is 28.4 Å². The van der Waals surface area contributed by atoms with Crippen LogP contribution in [0, 0.1) is 0 Å². The fourth-order valence-electron chi connectivity index (χ4n) is 3.51. The summed E-state index contributed by atoms with van der Waals surface area (Å²) in [7, 11) is 3.32. The molecule has 0 bridgehead atoms. The molecule has 0 unspecified atom stereocenters. The second kappa shape index (κ2) is 5.41. The van der Waals surface area contributed by atoms with Gasteiger partial charge in [-0.2, -0.15) is 0 Å². The summed E-state index contributed by atoms with van der Waals surface area (Å²) < 4.78 is 13.2. The highest BCUT2D eigenvalue weighted by Crippen LogP contribution is 2.39. The molecule has 0 fully saturated rings. The van der Waals surface area contributed by atoms with Gasteiger partial charge >= 0.3 is 0 Å². The van der Waals surface area contributed by atoms with Crippen molar-refractivity contribution in [3.63, 3.8) is 0 Å². The highest BCUT2D eigenvalue weighted by Gasteiger charge is 2.17. The van der Waals surface area contributed by atoms with Gasteiger partial charge in [0.05, 0.1) is 19.7 Å². The molecule has 4 rings (SSSR count). The van der Waals surface area contributed by atoms with Crippen LogP contribution in [0.25, 0.3) is 32.7 Å². The maximum absolute atomic E-state index is 5.51. The summed E-state index contributed by atoms with van der Waals surface area (Å²) in [5.41, 5.74) is 2.21. The summed E-state index contributed by atoms with van der Waals surface area (Å²) in [6, 6.07) is 12.8. The molecule has 4 nitrogen and oxygen atoms in total. The van der Waals surface area contributed by atoms with E-state index in [1.807, 2.05) is 12.3 Å². The lowest BCUT2D eigenvalue weighted by atomic mass is 10.1. The molecule has 24 heavy (non-hydrogen) atoms. The Labute approximate surface area is 140 Å². The van der Waals surface area contributed by atoms with Crippen molar-refractivity contribution in [3.05, 3.63) is 42.6 Å². The quantitative estimate of drug-likeness (QED) is 0.536. The zero-order valence-corrected chi connectivity index (χ0v) is 14.3. The first kappa shape index (κ1) is 14.8. The van der Waals surface area contributed by atoms with E-state index in [0.717, 1.165) is 33.3 Å². The van der Waals surface area contributed by atoms with Crippen molar-refractivity contribution in [1.29, 1.82) is 0 Å². The van der Waals surface area contributed by atoms with Crippen molar-refractivity contribution in [2.75, 3.05) is 14.2 Å². The lowest BCUT2D eigenvalue weighted by Gasteiger charge is -2.12. The Kier molecular flexibility index (Phi) is 3.34. The molecule has 0 aliphatic carbocycles. The van der Waals surface area contributed by atoms with Crippen LogP contribution >= 0.6 is 0 Å². The molecule has 0 radical (unpaired) electrons. The van der Waals surface area contributed by atoms with E-state index in [9.17, 15) is 0 Å². The molecular formula is C20H20N2O2. The third-order valence-electron chi connectivity index (χ3n) is 4.55. The maximum atomic E-state index is 5.51. The third kappa shape index (κ3) is 1.96. The lowest BCUT2D eigenvalue weighted by Crippen LogP contribution is -2.01. The van der Waals surface area contributed by atoms with Crippen molar-refractivity contribution in [1.82, 2.24) is 9.55 Å². The van der Waals surface area contributed by atoms with Gasteiger partial charge in [0.1, 0.15) is 5.65 Å². The van der Waals surface area contributed by atoms with Gasteiger partial charge in [-0.15, -0.1) is 0 Å². The third-order valence-corrected chi connectivity index (χ3v) is 4.55. The van der Waals surface area contributed by atoms with Gasteiger partial charge in [-0.25, -0.2) is 4.98 Å². The van der Waals surface area contributed by atoms with Crippen LogP contribution in [0.4, 0.5) is 0 Å². The van der Waals surface area contributed by atoms with Crippen molar-refractivity contribution in [2.45, 2.75) is 19.9 Å². The molecule has 4 aromatic rings. The van der Waals surface area contributed by atoms with Gasteiger partial charge in [0.2, 0.25) is 0 Å². The van der Waals surface area contributed by atoms with Crippen LogP contribution in [0.1, 0.15) is 19.9 Å². The van der Waals surface area contributed by atoms with Crippen molar-refractivity contribution in [2.24, 2.45) is 0 Å². The minimum Gasteiger partial charge on any atom is -0.493 e. The molecule has 2 heterocycles. The molecule has 4 heteroatoms. The first-order chi connectivity index (χ1) is 11.7. The average molecular weight is 320 g/mol. The standard InChI is InChI=1S/C20H20N2O2/c1-12(2)22-16-8-6-5-7-14(16)19-15-10-18(24-4)17(23-3)9-13(15)11-21-20(19)22/h5-12H,1-4H3. The molecule has 0 N–H and O–H groups in total. The molecule has 2 aromatic heterocycles. The first-order valence-electron chi connectivity index (χ1n) is 8.09. The van der Waals surface area contributed by atoms with Crippen molar-refractivity contribution in [3.8, 4) is 11.5 Å². The Bertz CT molecular complexity index is 1060. The van der Waals surface area contributed by atoms with Gasteiger partial charge in [-0.1, -0.05) is 18.2 Å². The Morgan fingerprint density at radius 2 is 1.67 bits per heavy atom. The van der Waals surface area contributed by atoms with E-state index in [2.05, 4.69) is 48.7 Å². The number of benzene rings is 2. The zero-order valence-electron chi connectivity index (χ0n) is 14.3. The van der Waals surface area contributed by atoms with E-state index in [0.29, 0.717) is 6.04 Å². The second-order valence-electron chi connectivity index (χ2n) is 6.23. The minimum atomic E-state index is 0.331. The summed E-state index contributed by atoms with van der Waals surface area (Å²) in [5.74, 6) is 1.46. The maximum Gasteiger partial charge on any atom is 0.161 e. The summed E-state index contributed by atoms with van der Waals surface area (Å²) >= 11 is 0. The number of fused-ring (bicyclic) bond motifs is 5. The van der Waals surface area contributed by atoms with Crippen LogP contribution < -0.4 is 9.47 Å². The molecule has 0 saturated carbocycles. The molecule has 0 aliphatic heterocycles. The average Bonchev–Trinajstić information content (AvgIpc) is 2.95. The van der Waals surface area contributed by atoms with Crippen LogP contribution in [0.2, 0.25) is 0 Å². The number of methoxy groups -OCH3 is 2. The number of pyridine rings is 1. The van der Waals surface area contributed by atoms with E-state index < -0.39 is 0 Å². The highest BCUT2D eigenvalue weighted by molar-refractivity contribution is 6.19. The van der Waals surface area contributed by atoms with Crippen LogP contribution in [0.15, 0.2) is 42.6 Å². The monoisotopic (exact) mass is 320 g/mol. The predicted octanol–water partition coefficient (Wildman–Crippen LogP) is 4.94. The van der Waals surface area contributed by atoms with Crippen LogP contribution in [0.5, 0.6) is 11.5 Å². The van der Waals surface area contributed by atoms with Crippen LogP contribution in [0.3, 0.4) is 0 Å². The number of rotatable bonds is 3. The molecule has 0 amide bonds. The number of nitrogens with zero attached hydrogens (tertiary/aromatic N) is 2. The molecule has 0 saturated heterocycles. The molecule has 0 aliphatic rings. The van der Waals surface area contributed by atoms with E-state index in [-0.39, 0.29) is 0 Å². The Hall–Kier alpha value is -2.75. The summed E-state index contributed by atoms with van der Waals surface area (Å²) in [4.78, 5) is 4.77. The first-order valence-corrected chi connectivity index (χ1v) is 8.09. The molecule has 0 spiro atoms. The van der Waals surface area contributed by atoms with Crippen molar-refractivity contribution >= 4 is 32.7 Å². The van der Waals surface area contributed by atoms with Gasteiger partial charge in [0.15, 0.2) is 11.5 Å². The Morgan fingerprint density at radius 3 is 2.38 bits per heavy atom. The topological polar surface area (TPSA) is 36.3 Å². The number of para-hydroxylation sites is 1. The summed E-state index contributed by atoms with van der Waals surface area (Å²) in [6.45, 7) is 4.37. The Morgan fingerprint density at radius 1 is 0.958 bits per heavy atom. The van der Waals surface area contributed by atoms with Gasteiger partial charge in [-0.3, -0.25) is 0 Å². The fourth-order valence-corrected chi connectivity index (χ4v) is 3.51. The minimum absolute atomic E-state index is 0.331. The molecular weight excluding hydrogens is 300 g/mol. The number of ether oxygens (including phenoxy) is 2. The normalized spacial score (nSPS) is 11.7. The van der Waals surface area contributed by atoms with E-state index in [4.69, 9.17) is 14.5 Å². The van der Waals surface area contributed by atoms with Crippen LogP contribution in [-0.4, -0.2) is 23.8 Å². The van der Waals surface area contributed by atoms with Gasteiger partial charge in [0.25, 0.3) is 0 Å². The highest BCUT2D eigenvalue weighted by atomic mass is 16.5. The van der Waals surface area contributed by atoms with Crippen LogP contribution in [-0.2, 0) is 0 Å². The van der Waals surface area contributed by atoms with E-state index in [1.54, 1.807) is 14.2 Å². The second-order valence-corrected chi connectivity index (χ2v) is 6.23. The van der Waals surface area contributed by atoms with Gasteiger partial charge in [-0.05, 0) is 37.4 Å². The summed E-state index contributed by atoms with van der Waals surface area (Å²) in [6.07, 6.45) is 1.91. The number of hydrogen-bond donors (Lipinski definition) is 0. The Balaban J connectivity index is 2.24. The number of aromatic nitrogens is 2. The lowest BCUT2D eigenvalue weighted by molar-refractivity contribution is 0.356. The smallest absolute Gasteiger partial charge is 0.161 e. The fraction of sp³-hybridized carbons (Fsp3) is 0.250. The summed E-state index contributed by atoms with van der Waals surface area (Å²) in [5, 5.41) is 4.56. The number of hydrogen-bond acceptors (Lipinski definition) is 3. The van der Waals surface area contributed by atoms with Gasteiger partial charge < -0.3 is 14.0 Å². The molecule has 2 aromatic carbocycles. The molecule has 0 atom stereocenters. The molecule has 122 valence electrons. The van der Waals surface area contributed by atoms with Crippen molar-refractivity contribution < 1.29 is 9.47 Å². The predicted molar refractivity (Wildman–Crippen MR) is 98.2 cm³/mol. The SMILES string of the molecule is COc1cc2cnc3c(c2cc1OC)c1ccccc1n3C(C)C.